The van der Waals surface area contributed by atoms with Gasteiger partial charge in [0.1, 0.15) is 0 Å². The summed E-state index contributed by atoms with van der Waals surface area (Å²) >= 11 is 1.42. The fraction of sp³-hybridized carbons (Fsp3) is 0.500. The third-order valence-electron chi connectivity index (χ3n) is 5.31. The monoisotopic (exact) mass is 414 g/mol. The van der Waals surface area contributed by atoms with Crippen LogP contribution in [0.2, 0.25) is 0 Å². The van der Waals surface area contributed by atoms with Crippen LogP contribution >= 0.6 is 11.8 Å². The van der Waals surface area contributed by atoms with E-state index in [-0.39, 0.29) is 11.8 Å². The Morgan fingerprint density at radius 1 is 1.24 bits per heavy atom. The fourth-order valence-electron chi connectivity index (χ4n) is 3.72. The van der Waals surface area contributed by atoms with Crippen LogP contribution in [0.3, 0.4) is 0 Å². The van der Waals surface area contributed by atoms with E-state index in [1.165, 1.54) is 43.9 Å². The van der Waals surface area contributed by atoms with E-state index in [0.717, 1.165) is 17.0 Å². The molecule has 1 saturated carbocycles. The van der Waals surface area contributed by atoms with Crippen molar-refractivity contribution < 1.29 is 9.59 Å². The van der Waals surface area contributed by atoms with Gasteiger partial charge in [0, 0.05) is 43.8 Å². The van der Waals surface area contributed by atoms with Gasteiger partial charge in [0.2, 0.25) is 5.91 Å². The normalized spacial score (nSPS) is 14.6. The molecule has 0 unspecified atom stereocenters. The SMILES string of the molecule is CN(Cc1cnn(C)c1)C(=O)c1ccccc1SCC(=O)NCC1CCCCC1. The molecule has 1 fully saturated rings. The molecular weight excluding hydrogens is 384 g/mol. The average Bonchev–Trinajstić information content (AvgIpc) is 3.15. The topological polar surface area (TPSA) is 67.2 Å². The number of carbonyl (C=O) groups is 2. The lowest BCUT2D eigenvalue weighted by Gasteiger charge is -2.21. The molecule has 2 aromatic rings. The fourth-order valence-corrected chi connectivity index (χ4v) is 4.59. The van der Waals surface area contributed by atoms with Crippen molar-refractivity contribution in [3.05, 3.63) is 47.8 Å². The van der Waals surface area contributed by atoms with Crippen molar-refractivity contribution in [2.24, 2.45) is 13.0 Å². The first-order chi connectivity index (χ1) is 14.0. The quantitative estimate of drug-likeness (QED) is 0.672. The van der Waals surface area contributed by atoms with Crippen LogP contribution in [0.5, 0.6) is 0 Å². The molecule has 29 heavy (non-hydrogen) atoms. The van der Waals surface area contributed by atoms with Crippen molar-refractivity contribution in [3.8, 4) is 0 Å². The Balaban J connectivity index is 1.53. The molecule has 156 valence electrons. The van der Waals surface area contributed by atoms with Gasteiger partial charge in [0.05, 0.1) is 17.5 Å². The third kappa shape index (κ3) is 6.35. The summed E-state index contributed by atoms with van der Waals surface area (Å²) < 4.78 is 1.73. The van der Waals surface area contributed by atoms with Crippen LogP contribution in [0, 0.1) is 5.92 Å². The van der Waals surface area contributed by atoms with Crippen molar-refractivity contribution in [2.75, 3.05) is 19.3 Å². The van der Waals surface area contributed by atoms with Gasteiger partial charge in [-0.15, -0.1) is 11.8 Å². The number of hydrogen-bond donors (Lipinski definition) is 1. The Kier molecular flexibility index (Phi) is 7.75. The van der Waals surface area contributed by atoms with Gasteiger partial charge in [-0.25, -0.2) is 0 Å². The van der Waals surface area contributed by atoms with E-state index >= 15 is 0 Å². The number of aromatic nitrogens is 2. The molecule has 7 heteroatoms. The maximum absolute atomic E-state index is 12.9. The highest BCUT2D eigenvalue weighted by atomic mass is 32.2. The van der Waals surface area contributed by atoms with Crippen molar-refractivity contribution >= 4 is 23.6 Å². The molecule has 3 rings (SSSR count). The van der Waals surface area contributed by atoms with Gasteiger partial charge in [-0.3, -0.25) is 14.3 Å². The van der Waals surface area contributed by atoms with Crippen molar-refractivity contribution in [1.82, 2.24) is 20.0 Å². The Bertz CT molecular complexity index is 830. The van der Waals surface area contributed by atoms with E-state index < -0.39 is 0 Å². The molecule has 0 atom stereocenters. The summed E-state index contributed by atoms with van der Waals surface area (Å²) in [6.45, 7) is 1.27. The van der Waals surface area contributed by atoms with Crippen molar-refractivity contribution in [2.45, 2.75) is 43.5 Å². The first kappa shape index (κ1) is 21.4. The molecule has 1 aliphatic carbocycles. The summed E-state index contributed by atoms with van der Waals surface area (Å²) in [7, 11) is 3.64. The highest BCUT2D eigenvalue weighted by Gasteiger charge is 2.18. The van der Waals surface area contributed by atoms with E-state index in [4.69, 9.17) is 0 Å². The highest BCUT2D eigenvalue weighted by molar-refractivity contribution is 8.00. The number of benzene rings is 1. The minimum atomic E-state index is -0.0560. The van der Waals surface area contributed by atoms with Crippen LogP contribution in [0.1, 0.15) is 48.0 Å². The molecule has 1 aromatic heterocycles. The minimum Gasteiger partial charge on any atom is -0.355 e. The lowest BCUT2D eigenvalue weighted by Crippen LogP contribution is -2.31. The number of amides is 2. The van der Waals surface area contributed by atoms with Crippen molar-refractivity contribution in [1.29, 1.82) is 0 Å². The summed E-state index contributed by atoms with van der Waals surface area (Å²) in [5.41, 5.74) is 1.61. The molecule has 1 N–H and O–H groups in total. The number of hydrogen-bond acceptors (Lipinski definition) is 4. The molecule has 0 aliphatic heterocycles. The number of rotatable bonds is 8. The molecule has 1 aliphatic rings. The number of aryl methyl sites for hydroxylation is 1. The van der Waals surface area contributed by atoms with Crippen LogP contribution in [0.4, 0.5) is 0 Å². The lowest BCUT2D eigenvalue weighted by molar-refractivity contribution is -0.118. The van der Waals surface area contributed by atoms with Gasteiger partial charge in [0.15, 0.2) is 0 Å². The van der Waals surface area contributed by atoms with E-state index in [1.54, 1.807) is 22.8 Å². The summed E-state index contributed by atoms with van der Waals surface area (Å²) in [5, 5.41) is 7.21. The third-order valence-corrected chi connectivity index (χ3v) is 6.39. The Morgan fingerprint density at radius 3 is 2.72 bits per heavy atom. The van der Waals surface area contributed by atoms with Gasteiger partial charge in [0.25, 0.3) is 5.91 Å². The molecular formula is C22H30N4O2S. The minimum absolute atomic E-state index is 0.0338. The summed E-state index contributed by atoms with van der Waals surface area (Å²) in [6, 6.07) is 7.49. The molecule has 0 saturated heterocycles. The second kappa shape index (κ2) is 10.5. The van der Waals surface area contributed by atoms with Crippen LogP contribution in [-0.2, 0) is 18.4 Å². The van der Waals surface area contributed by atoms with Crippen LogP contribution in [0.15, 0.2) is 41.6 Å². The smallest absolute Gasteiger partial charge is 0.255 e. The molecule has 1 aromatic carbocycles. The Morgan fingerprint density at radius 2 is 2.00 bits per heavy atom. The van der Waals surface area contributed by atoms with Crippen LogP contribution in [0.25, 0.3) is 0 Å². The van der Waals surface area contributed by atoms with E-state index in [9.17, 15) is 9.59 Å². The summed E-state index contributed by atoms with van der Waals surface area (Å²) in [4.78, 5) is 27.7. The van der Waals surface area contributed by atoms with Gasteiger partial charge < -0.3 is 10.2 Å². The van der Waals surface area contributed by atoms with Crippen molar-refractivity contribution in [3.63, 3.8) is 0 Å². The molecule has 0 spiro atoms. The molecule has 0 bridgehead atoms. The zero-order valence-corrected chi connectivity index (χ0v) is 18.1. The van der Waals surface area contributed by atoms with E-state index in [2.05, 4.69) is 10.4 Å². The molecule has 2 amide bonds. The lowest BCUT2D eigenvalue weighted by atomic mass is 9.89. The number of nitrogens with one attached hydrogen (secondary N) is 1. The Labute approximate surface area is 177 Å². The molecule has 1 heterocycles. The largest absolute Gasteiger partial charge is 0.355 e. The first-order valence-corrected chi connectivity index (χ1v) is 11.2. The number of thioether (sulfide) groups is 1. The van der Waals surface area contributed by atoms with Gasteiger partial charge in [-0.1, -0.05) is 31.4 Å². The first-order valence-electron chi connectivity index (χ1n) is 10.2. The van der Waals surface area contributed by atoms with Crippen LogP contribution in [-0.4, -0.2) is 45.8 Å². The van der Waals surface area contributed by atoms with E-state index in [1.807, 2.05) is 37.5 Å². The van der Waals surface area contributed by atoms with Gasteiger partial charge >= 0.3 is 0 Å². The maximum Gasteiger partial charge on any atom is 0.255 e. The van der Waals surface area contributed by atoms with Gasteiger partial charge in [-0.2, -0.15) is 5.10 Å². The maximum atomic E-state index is 12.9. The standard InChI is InChI=1S/C22H30N4O2S/c1-25(14-18-13-24-26(2)15-18)22(28)19-10-6-7-11-20(19)29-16-21(27)23-12-17-8-4-3-5-9-17/h6-7,10-11,13,15,17H,3-5,8-9,12,14,16H2,1-2H3,(H,23,27). The van der Waals surface area contributed by atoms with Gasteiger partial charge in [-0.05, 0) is 30.9 Å². The zero-order valence-electron chi connectivity index (χ0n) is 17.3. The van der Waals surface area contributed by atoms with Crippen LogP contribution < -0.4 is 5.32 Å². The highest BCUT2D eigenvalue weighted by Crippen LogP contribution is 2.25. The average molecular weight is 415 g/mol. The second-order valence-corrected chi connectivity index (χ2v) is 8.79. The zero-order chi connectivity index (χ0) is 20.6. The summed E-state index contributed by atoms with van der Waals surface area (Å²) in [6.07, 6.45) is 9.97. The Hall–Kier alpha value is -2.28. The van der Waals surface area contributed by atoms with E-state index in [0.29, 0.717) is 23.8 Å². The predicted molar refractivity (Wildman–Crippen MR) is 116 cm³/mol. The second-order valence-electron chi connectivity index (χ2n) is 7.78. The number of carbonyl (C=O) groups excluding carboxylic acids is 2. The predicted octanol–water partition coefficient (Wildman–Crippen LogP) is 3.48. The summed E-state index contributed by atoms with van der Waals surface area (Å²) in [5.74, 6) is 0.919. The molecule has 0 radical (unpaired) electrons. The number of nitrogens with zero attached hydrogens (tertiary/aromatic N) is 3. The molecule has 6 nitrogen and oxygen atoms in total.